The number of likely N-dealkylation sites (tertiary alicyclic amines) is 1. The van der Waals surface area contributed by atoms with Gasteiger partial charge in [0.15, 0.2) is 0 Å². The topological polar surface area (TPSA) is 58.6 Å². The SMILES string of the molecule is COC(=O)C1CCN(CC(=O)NC(c2ccc(F)cc2)c2cccs2)CC1. The van der Waals surface area contributed by atoms with Gasteiger partial charge in [0.1, 0.15) is 5.82 Å². The fourth-order valence-electron chi connectivity index (χ4n) is 3.33. The maximum atomic E-state index is 13.3. The van der Waals surface area contributed by atoms with Crippen molar-refractivity contribution in [1.29, 1.82) is 0 Å². The molecule has 1 unspecified atom stereocenters. The van der Waals surface area contributed by atoms with Crippen molar-refractivity contribution in [3.05, 3.63) is 58.0 Å². The predicted molar refractivity (Wildman–Crippen MR) is 102 cm³/mol. The van der Waals surface area contributed by atoms with E-state index in [0.29, 0.717) is 25.9 Å². The van der Waals surface area contributed by atoms with Crippen molar-refractivity contribution in [2.45, 2.75) is 18.9 Å². The lowest BCUT2D eigenvalue weighted by Crippen LogP contribution is -2.43. The molecule has 144 valence electrons. The van der Waals surface area contributed by atoms with Crippen molar-refractivity contribution >= 4 is 23.2 Å². The van der Waals surface area contributed by atoms with Gasteiger partial charge in [-0.05, 0) is 55.1 Å². The Morgan fingerprint density at radius 2 is 1.96 bits per heavy atom. The molecule has 3 rings (SSSR count). The number of nitrogens with zero attached hydrogens (tertiary/aromatic N) is 1. The van der Waals surface area contributed by atoms with E-state index >= 15 is 0 Å². The molecule has 7 heteroatoms. The fraction of sp³-hybridized carbons (Fsp3) is 0.400. The second-order valence-corrected chi connectivity index (χ2v) is 7.62. The number of methoxy groups -OCH3 is 1. The standard InChI is InChI=1S/C20H23FN2O3S/c1-26-20(25)15-8-10-23(11-9-15)13-18(24)22-19(17-3-2-12-27-17)14-4-6-16(21)7-5-14/h2-7,12,15,19H,8-11,13H2,1H3,(H,22,24). The first-order chi connectivity index (χ1) is 13.1. The van der Waals surface area contributed by atoms with Crippen molar-refractivity contribution in [2.24, 2.45) is 5.92 Å². The Balaban J connectivity index is 1.60. The third-order valence-corrected chi connectivity index (χ3v) is 5.76. The summed E-state index contributed by atoms with van der Waals surface area (Å²) in [5.74, 6) is -0.640. The zero-order chi connectivity index (χ0) is 19.2. The number of halogens is 1. The van der Waals surface area contributed by atoms with Gasteiger partial charge in [0.2, 0.25) is 5.91 Å². The molecule has 1 atom stereocenters. The zero-order valence-electron chi connectivity index (χ0n) is 15.2. The fourth-order valence-corrected chi connectivity index (χ4v) is 4.14. The van der Waals surface area contributed by atoms with E-state index in [1.165, 1.54) is 19.2 Å². The Bertz CT molecular complexity index is 756. The summed E-state index contributed by atoms with van der Waals surface area (Å²) in [4.78, 5) is 27.3. The third-order valence-electron chi connectivity index (χ3n) is 4.83. The molecule has 5 nitrogen and oxygen atoms in total. The maximum Gasteiger partial charge on any atom is 0.308 e. The number of thiophene rings is 1. The first kappa shape index (κ1) is 19.5. The summed E-state index contributed by atoms with van der Waals surface area (Å²) >= 11 is 1.55. The Hall–Kier alpha value is -2.25. The van der Waals surface area contributed by atoms with Gasteiger partial charge in [-0.15, -0.1) is 11.3 Å². The molecule has 2 heterocycles. The van der Waals surface area contributed by atoms with Gasteiger partial charge in [-0.3, -0.25) is 14.5 Å². The maximum absolute atomic E-state index is 13.3. The molecule has 1 saturated heterocycles. The average molecular weight is 390 g/mol. The van der Waals surface area contributed by atoms with Crippen LogP contribution in [0.2, 0.25) is 0 Å². The van der Waals surface area contributed by atoms with Gasteiger partial charge < -0.3 is 10.1 Å². The molecule has 0 saturated carbocycles. The second-order valence-electron chi connectivity index (χ2n) is 6.64. The summed E-state index contributed by atoms with van der Waals surface area (Å²) in [6.07, 6.45) is 1.40. The Labute approximate surface area is 162 Å². The molecule has 1 N–H and O–H groups in total. The van der Waals surface area contributed by atoms with Gasteiger partial charge in [0, 0.05) is 4.88 Å². The van der Waals surface area contributed by atoms with Gasteiger partial charge in [-0.1, -0.05) is 18.2 Å². The number of hydrogen-bond donors (Lipinski definition) is 1. The first-order valence-corrected chi connectivity index (χ1v) is 9.83. The first-order valence-electron chi connectivity index (χ1n) is 8.95. The van der Waals surface area contributed by atoms with E-state index in [-0.39, 0.29) is 36.2 Å². The average Bonchev–Trinajstić information content (AvgIpc) is 3.21. The number of esters is 1. The molecular formula is C20H23FN2O3S. The minimum Gasteiger partial charge on any atom is -0.469 e. The molecule has 1 amide bonds. The van der Waals surface area contributed by atoms with E-state index in [4.69, 9.17) is 4.74 Å². The summed E-state index contributed by atoms with van der Waals surface area (Å²) in [5.41, 5.74) is 0.844. The molecule has 0 radical (unpaired) electrons. The number of ether oxygens (including phenoxy) is 1. The second kappa shape index (κ2) is 9.10. The summed E-state index contributed by atoms with van der Waals surface area (Å²) in [6, 6.07) is 9.79. The molecule has 0 bridgehead atoms. The molecule has 27 heavy (non-hydrogen) atoms. The summed E-state index contributed by atoms with van der Waals surface area (Å²) in [6.45, 7) is 1.65. The van der Waals surface area contributed by atoms with Crippen molar-refractivity contribution in [2.75, 3.05) is 26.7 Å². The summed E-state index contributed by atoms with van der Waals surface area (Å²) in [5, 5.41) is 5.02. The molecular weight excluding hydrogens is 367 g/mol. The van der Waals surface area contributed by atoms with Crippen LogP contribution in [0.3, 0.4) is 0 Å². The highest BCUT2D eigenvalue weighted by Crippen LogP contribution is 2.26. The Morgan fingerprint density at radius 1 is 1.26 bits per heavy atom. The Kier molecular flexibility index (Phi) is 6.58. The van der Waals surface area contributed by atoms with Crippen LogP contribution in [-0.2, 0) is 14.3 Å². The van der Waals surface area contributed by atoms with Gasteiger partial charge in [0.25, 0.3) is 0 Å². The van der Waals surface area contributed by atoms with Gasteiger partial charge in [-0.25, -0.2) is 4.39 Å². The lowest BCUT2D eigenvalue weighted by Gasteiger charge is -2.30. The number of carbonyl (C=O) groups excluding carboxylic acids is 2. The third kappa shape index (κ3) is 5.14. The predicted octanol–water partition coefficient (Wildman–Crippen LogP) is 2.98. The van der Waals surface area contributed by atoms with Gasteiger partial charge in [-0.2, -0.15) is 0 Å². The number of amides is 1. The van der Waals surface area contributed by atoms with Crippen molar-refractivity contribution in [3.63, 3.8) is 0 Å². The van der Waals surface area contributed by atoms with Crippen LogP contribution >= 0.6 is 11.3 Å². The van der Waals surface area contributed by atoms with Gasteiger partial charge in [0.05, 0.1) is 25.6 Å². The van der Waals surface area contributed by atoms with Crippen LogP contribution < -0.4 is 5.32 Å². The monoisotopic (exact) mass is 390 g/mol. The van der Waals surface area contributed by atoms with Crippen molar-refractivity contribution in [1.82, 2.24) is 10.2 Å². The number of rotatable bonds is 6. The minimum absolute atomic E-state index is 0.0765. The molecule has 0 spiro atoms. The lowest BCUT2D eigenvalue weighted by atomic mass is 9.97. The van der Waals surface area contributed by atoms with Crippen molar-refractivity contribution in [3.8, 4) is 0 Å². The van der Waals surface area contributed by atoms with Crippen LogP contribution in [0.1, 0.15) is 29.3 Å². The quantitative estimate of drug-likeness (QED) is 0.771. The van der Waals surface area contributed by atoms with Crippen molar-refractivity contribution < 1.29 is 18.7 Å². The minimum atomic E-state index is -0.302. The number of benzene rings is 1. The van der Waals surface area contributed by atoms with Crippen LogP contribution in [0, 0.1) is 11.7 Å². The largest absolute Gasteiger partial charge is 0.469 e. The van der Waals surface area contributed by atoms with Crippen LogP contribution in [0.15, 0.2) is 41.8 Å². The van der Waals surface area contributed by atoms with Crippen LogP contribution in [0.5, 0.6) is 0 Å². The number of hydrogen-bond acceptors (Lipinski definition) is 5. The number of carbonyl (C=O) groups is 2. The molecule has 1 fully saturated rings. The highest BCUT2D eigenvalue weighted by atomic mass is 32.1. The van der Waals surface area contributed by atoms with E-state index in [9.17, 15) is 14.0 Å². The van der Waals surface area contributed by atoms with Crippen LogP contribution in [-0.4, -0.2) is 43.5 Å². The van der Waals surface area contributed by atoms with E-state index in [2.05, 4.69) is 5.32 Å². The number of piperidine rings is 1. The van der Waals surface area contributed by atoms with E-state index in [0.717, 1.165) is 10.4 Å². The van der Waals surface area contributed by atoms with E-state index in [1.54, 1.807) is 23.5 Å². The van der Waals surface area contributed by atoms with Crippen LogP contribution in [0.25, 0.3) is 0 Å². The lowest BCUT2D eigenvalue weighted by molar-refractivity contribution is -0.147. The van der Waals surface area contributed by atoms with Gasteiger partial charge >= 0.3 is 5.97 Å². The molecule has 1 aliphatic rings. The molecule has 0 aliphatic carbocycles. The molecule has 1 aliphatic heterocycles. The summed E-state index contributed by atoms with van der Waals surface area (Å²) < 4.78 is 18.0. The molecule has 1 aromatic heterocycles. The normalized spacial score (nSPS) is 16.7. The number of nitrogens with one attached hydrogen (secondary N) is 1. The van der Waals surface area contributed by atoms with E-state index < -0.39 is 0 Å². The molecule has 2 aromatic rings. The smallest absolute Gasteiger partial charge is 0.308 e. The Morgan fingerprint density at radius 3 is 2.56 bits per heavy atom. The highest BCUT2D eigenvalue weighted by molar-refractivity contribution is 7.10. The van der Waals surface area contributed by atoms with Crippen LogP contribution in [0.4, 0.5) is 4.39 Å². The summed E-state index contributed by atoms with van der Waals surface area (Å²) in [7, 11) is 1.41. The molecule has 1 aromatic carbocycles. The highest BCUT2D eigenvalue weighted by Gasteiger charge is 2.27. The van der Waals surface area contributed by atoms with E-state index in [1.807, 2.05) is 22.4 Å². The zero-order valence-corrected chi connectivity index (χ0v) is 16.0.